The summed E-state index contributed by atoms with van der Waals surface area (Å²) in [5.74, 6) is 2.58. The van der Waals surface area contributed by atoms with Crippen LogP contribution in [-0.4, -0.2) is 37.2 Å². The number of nitrogens with one attached hydrogen (secondary N) is 1. The molecule has 0 fully saturated rings. The Kier molecular flexibility index (Phi) is 6.76. The van der Waals surface area contributed by atoms with E-state index in [0.717, 1.165) is 37.4 Å². The zero-order valence-corrected chi connectivity index (χ0v) is 15.3. The maximum absolute atomic E-state index is 12.6. The Morgan fingerprint density at radius 3 is 2.21 bits per heavy atom. The number of nitrogens with zero attached hydrogens (tertiary/aromatic N) is 1. The molecule has 1 N–H and O–H groups in total. The molecule has 1 aromatic rings. The Morgan fingerprint density at radius 2 is 1.62 bits per heavy atom. The molecule has 0 bridgehead atoms. The minimum Gasteiger partial charge on any atom is -0.486 e. The topological polar surface area (TPSA) is 50.8 Å². The summed E-state index contributed by atoms with van der Waals surface area (Å²) in [5.41, 5.74) is 0.739. The molecule has 1 aromatic carbocycles. The Balaban J connectivity index is 1.99. The fraction of sp³-hybridized carbons (Fsp3) is 0.632. The Morgan fingerprint density at radius 1 is 1.04 bits per heavy atom. The van der Waals surface area contributed by atoms with Gasteiger partial charge in [-0.15, -0.1) is 0 Å². The molecule has 0 saturated heterocycles. The highest BCUT2D eigenvalue weighted by Crippen LogP contribution is 2.32. The summed E-state index contributed by atoms with van der Waals surface area (Å²) in [4.78, 5) is 14.6. The molecule has 0 saturated carbocycles. The minimum absolute atomic E-state index is 0.0482. The molecule has 0 atom stereocenters. The zero-order chi connectivity index (χ0) is 17.5. The van der Waals surface area contributed by atoms with Gasteiger partial charge in [-0.05, 0) is 36.8 Å². The van der Waals surface area contributed by atoms with Crippen LogP contribution >= 0.6 is 0 Å². The van der Waals surface area contributed by atoms with Crippen LogP contribution in [0.15, 0.2) is 18.2 Å². The van der Waals surface area contributed by atoms with E-state index in [-0.39, 0.29) is 6.03 Å². The van der Waals surface area contributed by atoms with Crippen LogP contribution in [0.1, 0.15) is 40.5 Å². The molecule has 5 nitrogen and oxygen atoms in total. The second kappa shape index (κ2) is 8.81. The summed E-state index contributed by atoms with van der Waals surface area (Å²) in [5, 5.41) is 2.99. The van der Waals surface area contributed by atoms with Crippen molar-refractivity contribution in [3.63, 3.8) is 0 Å². The van der Waals surface area contributed by atoms with Crippen LogP contribution in [0.5, 0.6) is 11.5 Å². The lowest BCUT2D eigenvalue weighted by Crippen LogP contribution is -2.37. The standard InChI is InChI=1S/C19H30N2O3/c1-14(2)7-9-21(10-8-15(3)4)19(22)20-16-5-6-17-18(13-16)24-12-11-23-17/h5-6,13-15H,7-12H2,1-4H3,(H,20,22). The average Bonchev–Trinajstić information content (AvgIpc) is 2.54. The van der Waals surface area contributed by atoms with Crippen molar-refractivity contribution in [3.05, 3.63) is 18.2 Å². The van der Waals surface area contributed by atoms with Crippen molar-refractivity contribution in [1.29, 1.82) is 0 Å². The molecule has 24 heavy (non-hydrogen) atoms. The van der Waals surface area contributed by atoms with Gasteiger partial charge >= 0.3 is 6.03 Å². The fourth-order valence-electron chi connectivity index (χ4n) is 2.47. The highest BCUT2D eigenvalue weighted by molar-refractivity contribution is 5.89. The third-order valence-corrected chi connectivity index (χ3v) is 4.03. The molecule has 1 heterocycles. The number of hydrogen-bond donors (Lipinski definition) is 1. The maximum atomic E-state index is 12.6. The predicted octanol–water partition coefficient (Wildman–Crippen LogP) is 4.38. The van der Waals surface area contributed by atoms with Gasteiger partial charge in [-0.2, -0.15) is 0 Å². The van der Waals surface area contributed by atoms with E-state index in [0.29, 0.717) is 30.8 Å². The van der Waals surface area contributed by atoms with Crippen LogP contribution < -0.4 is 14.8 Å². The van der Waals surface area contributed by atoms with Crippen LogP contribution in [-0.2, 0) is 0 Å². The monoisotopic (exact) mass is 334 g/mol. The number of hydrogen-bond acceptors (Lipinski definition) is 3. The molecule has 5 heteroatoms. The van der Waals surface area contributed by atoms with E-state index >= 15 is 0 Å². The lowest BCUT2D eigenvalue weighted by atomic mass is 10.1. The van der Waals surface area contributed by atoms with Crippen LogP contribution in [0, 0.1) is 11.8 Å². The molecule has 1 aliphatic heterocycles. The summed E-state index contributed by atoms with van der Waals surface area (Å²) in [6, 6.07) is 5.48. The summed E-state index contributed by atoms with van der Waals surface area (Å²) in [6.07, 6.45) is 2.01. The van der Waals surface area contributed by atoms with Gasteiger partial charge in [0.05, 0.1) is 0 Å². The van der Waals surface area contributed by atoms with Gasteiger partial charge in [-0.3, -0.25) is 0 Å². The predicted molar refractivity (Wildman–Crippen MR) is 96.9 cm³/mol. The van der Waals surface area contributed by atoms with Crippen LogP contribution in [0.2, 0.25) is 0 Å². The van der Waals surface area contributed by atoms with Gasteiger partial charge in [0, 0.05) is 24.8 Å². The van der Waals surface area contributed by atoms with E-state index in [1.54, 1.807) is 0 Å². The Labute approximate surface area is 145 Å². The number of rotatable bonds is 7. The van der Waals surface area contributed by atoms with Gasteiger partial charge in [0.1, 0.15) is 13.2 Å². The summed E-state index contributed by atoms with van der Waals surface area (Å²) in [7, 11) is 0. The smallest absolute Gasteiger partial charge is 0.321 e. The molecule has 0 aliphatic carbocycles. The number of ether oxygens (including phenoxy) is 2. The van der Waals surface area contributed by atoms with Crippen molar-refractivity contribution >= 4 is 11.7 Å². The first-order valence-electron chi connectivity index (χ1n) is 8.91. The van der Waals surface area contributed by atoms with Gasteiger partial charge in [0.25, 0.3) is 0 Å². The highest BCUT2D eigenvalue weighted by atomic mass is 16.6. The number of carbonyl (C=O) groups is 1. The SMILES string of the molecule is CC(C)CCN(CCC(C)C)C(=O)Nc1ccc2c(c1)OCCO2. The molecular weight excluding hydrogens is 304 g/mol. The number of carbonyl (C=O) groups excluding carboxylic acids is 1. The zero-order valence-electron chi connectivity index (χ0n) is 15.3. The number of amides is 2. The van der Waals surface area contributed by atoms with Gasteiger partial charge in [0.2, 0.25) is 0 Å². The van der Waals surface area contributed by atoms with E-state index in [4.69, 9.17) is 9.47 Å². The Hall–Kier alpha value is -1.91. The van der Waals surface area contributed by atoms with E-state index in [2.05, 4.69) is 33.0 Å². The van der Waals surface area contributed by atoms with Crippen LogP contribution in [0.4, 0.5) is 10.5 Å². The minimum atomic E-state index is -0.0482. The first-order valence-corrected chi connectivity index (χ1v) is 8.91. The molecule has 2 amide bonds. The first-order chi connectivity index (χ1) is 11.5. The number of urea groups is 1. The van der Waals surface area contributed by atoms with Gasteiger partial charge in [0.15, 0.2) is 11.5 Å². The van der Waals surface area contributed by atoms with E-state index < -0.39 is 0 Å². The van der Waals surface area contributed by atoms with Crippen LogP contribution in [0.3, 0.4) is 0 Å². The number of fused-ring (bicyclic) bond motifs is 1. The van der Waals surface area contributed by atoms with Crippen molar-refractivity contribution in [2.75, 3.05) is 31.6 Å². The van der Waals surface area contributed by atoms with E-state index in [1.807, 2.05) is 23.1 Å². The largest absolute Gasteiger partial charge is 0.486 e. The second-order valence-electron chi connectivity index (χ2n) is 7.14. The van der Waals surface area contributed by atoms with Crippen LogP contribution in [0.25, 0.3) is 0 Å². The summed E-state index contributed by atoms with van der Waals surface area (Å²) in [6.45, 7) is 11.4. The number of anilines is 1. The van der Waals surface area contributed by atoms with Gasteiger partial charge in [-0.25, -0.2) is 4.79 Å². The van der Waals surface area contributed by atoms with Crippen molar-refractivity contribution in [2.24, 2.45) is 11.8 Å². The molecule has 2 rings (SSSR count). The Bertz CT molecular complexity index is 531. The molecule has 0 unspecified atom stereocenters. The highest BCUT2D eigenvalue weighted by Gasteiger charge is 2.17. The second-order valence-corrected chi connectivity index (χ2v) is 7.14. The van der Waals surface area contributed by atoms with Crippen molar-refractivity contribution < 1.29 is 14.3 Å². The lowest BCUT2D eigenvalue weighted by molar-refractivity contribution is 0.171. The molecule has 0 spiro atoms. The molecule has 1 aliphatic rings. The molecule has 134 valence electrons. The van der Waals surface area contributed by atoms with Crippen molar-refractivity contribution in [2.45, 2.75) is 40.5 Å². The third-order valence-electron chi connectivity index (χ3n) is 4.03. The summed E-state index contributed by atoms with van der Waals surface area (Å²) < 4.78 is 11.1. The first kappa shape index (κ1) is 18.4. The van der Waals surface area contributed by atoms with Gasteiger partial charge < -0.3 is 19.7 Å². The third kappa shape index (κ3) is 5.62. The maximum Gasteiger partial charge on any atom is 0.321 e. The van der Waals surface area contributed by atoms with Gasteiger partial charge in [-0.1, -0.05) is 27.7 Å². The normalized spacial score (nSPS) is 13.2. The van der Waals surface area contributed by atoms with Crippen molar-refractivity contribution in [3.8, 4) is 11.5 Å². The average molecular weight is 334 g/mol. The number of benzene rings is 1. The fourth-order valence-corrected chi connectivity index (χ4v) is 2.47. The quantitative estimate of drug-likeness (QED) is 0.805. The van der Waals surface area contributed by atoms with E-state index in [1.165, 1.54) is 0 Å². The lowest BCUT2D eigenvalue weighted by Gasteiger charge is -2.25. The molecule has 0 aromatic heterocycles. The summed E-state index contributed by atoms with van der Waals surface area (Å²) >= 11 is 0. The van der Waals surface area contributed by atoms with E-state index in [9.17, 15) is 4.79 Å². The van der Waals surface area contributed by atoms with Crippen molar-refractivity contribution in [1.82, 2.24) is 4.90 Å². The molecule has 0 radical (unpaired) electrons. The molecular formula is C19H30N2O3.